The van der Waals surface area contributed by atoms with Gasteiger partial charge < -0.3 is 14.9 Å². The van der Waals surface area contributed by atoms with Crippen LogP contribution in [0.25, 0.3) is 0 Å². The first kappa shape index (κ1) is 20.7. The molecule has 1 amide bonds. The predicted molar refractivity (Wildman–Crippen MR) is 110 cm³/mol. The molecule has 6 nitrogen and oxygen atoms in total. The van der Waals surface area contributed by atoms with E-state index in [4.69, 9.17) is 16.3 Å². The number of Topliss-reactive ketones (excluding diaryl/α,β-unsaturated/α-hetero) is 1. The Bertz CT molecular complexity index is 1000. The molecule has 1 unspecified atom stereocenters. The third-order valence-corrected chi connectivity index (χ3v) is 5.05. The number of ether oxygens (including phenoxy) is 1. The van der Waals surface area contributed by atoms with Crippen molar-refractivity contribution >= 4 is 29.0 Å². The number of phenols is 1. The molecular weight excluding hydrogens is 394 g/mol. The number of halogens is 1. The maximum absolute atomic E-state index is 13.1. The summed E-state index contributed by atoms with van der Waals surface area (Å²) in [4.78, 5) is 27.5. The summed E-state index contributed by atoms with van der Waals surface area (Å²) >= 11 is 6.24. The molecule has 2 N–H and O–H groups in total. The lowest BCUT2D eigenvalue weighted by atomic mass is 9.82. The van der Waals surface area contributed by atoms with Gasteiger partial charge >= 0.3 is 0 Å². The Morgan fingerprint density at radius 2 is 1.72 bits per heavy atom. The van der Waals surface area contributed by atoms with E-state index in [0.717, 1.165) is 0 Å². The lowest BCUT2D eigenvalue weighted by Gasteiger charge is -2.29. The van der Waals surface area contributed by atoms with Crippen molar-refractivity contribution in [3.8, 4) is 11.5 Å². The molecule has 1 aliphatic rings. The highest BCUT2D eigenvalue weighted by atomic mass is 35.5. The van der Waals surface area contributed by atoms with Crippen LogP contribution in [0.1, 0.15) is 32.4 Å². The highest BCUT2D eigenvalue weighted by Gasteiger charge is 2.46. The second-order valence-corrected chi connectivity index (χ2v) is 8.24. The van der Waals surface area contributed by atoms with Crippen LogP contribution in [0.15, 0.2) is 53.8 Å². The molecule has 152 valence electrons. The minimum absolute atomic E-state index is 0.0140. The van der Waals surface area contributed by atoms with Gasteiger partial charge in [0, 0.05) is 11.1 Å². The monoisotopic (exact) mass is 415 g/mol. The largest absolute Gasteiger partial charge is 0.508 e. The van der Waals surface area contributed by atoms with Crippen molar-refractivity contribution in [1.29, 1.82) is 0 Å². The van der Waals surface area contributed by atoms with E-state index in [0.29, 0.717) is 17.0 Å². The second kappa shape index (κ2) is 7.44. The number of ketones is 1. The first-order chi connectivity index (χ1) is 13.6. The number of aliphatic hydroxyl groups is 1. The Hall–Kier alpha value is -2.99. The van der Waals surface area contributed by atoms with Gasteiger partial charge in [0.15, 0.2) is 11.5 Å². The van der Waals surface area contributed by atoms with Crippen LogP contribution in [0.5, 0.6) is 11.5 Å². The summed E-state index contributed by atoms with van der Waals surface area (Å²) in [5.41, 5.74) is 0.175. The van der Waals surface area contributed by atoms with Gasteiger partial charge in [0.25, 0.3) is 5.91 Å². The fourth-order valence-electron chi connectivity index (χ4n) is 3.28. The van der Waals surface area contributed by atoms with Crippen LogP contribution >= 0.6 is 11.6 Å². The van der Waals surface area contributed by atoms with Crippen molar-refractivity contribution < 1.29 is 24.5 Å². The Balaban J connectivity index is 2.20. The van der Waals surface area contributed by atoms with E-state index >= 15 is 0 Å². The number of methoxy groups -OCH3 is 1. The average Bonchev–Trinajstić information content (AvgIpc) is 2.92. The molecule has 2 aromatic rings. The average molecular weight is 416 g/mol. The number of anilines is 1. The van der Waals surface area contributed by atoms with Gasteiger partial charge in [-0.25, -0.2) is 0 Å². The number of hydrogen-bond acceptors (Lipinski definition) is 5. The molecule has 2 aromatic carbocycles. The molecule has 1 atom stereocenters. The van der Waals surface area contributed by atoms with Crippen LogP contribution in [-0.2, 0) is 9.59 Å². The Morgan fingerprint density at radius 3 is 2.24 bits per heavy atom. The van der Waals surface area contributed by atoms with Crippen molar-refractivity contribution in [2.45, 2.75) is 26.8 Å². The fourth-order valence-corrected chi connectivity index (χ4v) is 3.54. The normalized spacial score (nSPS) is 17.1. The number of phenolic OH excluding ortho intramolecular Hbond substituents is 1. The lowest BCUT2D eigenvalue weighted by Crippen LogP contribution is -2.32. The van der Waals surface area contributed by atoms with Gasteiger partial charge in [-0.1, -0.05) is 44.5 Å². The number of amides is 1. The molecule has 0 aromatic heterocycles. The van der Waals surface area contributed by atoms with Crippen molar-refractivity contribution in [3.63, 3.8) is 0 Å². The van der Waals surface area contributed by atoms with Gasteiger partial charge in [-0.15, -0.1) is 0 Å². The molecule has 0 aliphatic carbocycles. The number of nitrogens with zero attached hydrogens (tertiary/aromatic N) is 1. The van der Waals surface area contributed by atoms with E-state index < -0.39 is 23.1 Å². The summed E-state index contributed by atoms with van der Waals surface area (Å²) in [5.74, 6) is -1.14. The van der Waals surface area contributed by atoms with Crippen molar-refractivity contribution in [1.82, 2.24) is 0 Å². The summed E-state index contributed by atoms with van der Waals surface area (Å²) in [6.45, 7) is 5.17. The van der Waals surface area contributed by atoms with Gasteiger partial charge in [0.2, 0.25) is 0 Å². The summed E-state index contributed by atoms with van der Waals surface area (Å²) in [7, 11) is 1.48. The van der Waals surface area contributed by atoms with E-state index in [1.165, 1.54) is 24.1 Å². The molecule has 3 rings (SSSR count). The standard InChI is InChI=1S/C22H22ClNO5/c1-22(2,3)20(27)17-18(12-5-8-14(25)9-6-12)24(21(28)19(17)26)13-7-10-16(29-4)15(23)11-13/h5-11,18,25-26H,1-4H3. The van der Waals surface area contributed by atoms with Gasteiger partial charge in [-0.05, 0) is 35.9 Å². The molecule has 0 bridgehead atoms. The molecule has 1 aliphatic heterocycles. The highest BCUT2D eigenvalue weighted by molar-refractivity contribution is 6.32. The maximum atomic E-state index is 13.1. The van der Waals surface area contributed by atoms with Crippen LogP contribution in [0.2, 0.25) is 5.02 Å². The summed E-state index contributed by atoms with van der Waals surface area (Å²) in [6.07, 6.45) is 0. The van der Waals surface area contributed by atoms with Gasteiger partial charge in [0.05, 0.1) is 23.7 Å². The molecular formula is C22H22ClNO5. The zero-order valence-corrected chi connectivity index (χ0v) is 17.3. The molecule has 0 saturated carbocycles. The van der Waals surface area contributed by atoms with E-state index in [1.54, 1.807) is 51.1 Å². The van der Waals surface area contributed by atoms with E-state index in [-0.39, 0.29) is 22.1 Å². The molecule has 0 fully saturated rings. The fraction of sp³-hybridized carbons (Fsp3) is 0.273. The van der Waals surface area contributed by atoms with Crippen LogP contribution in [0, 0.1) is 5.41 Å². The van der Waals surface area contributed by atoms with Gasteiger partial charge in [-0.2, -0.15) is 0 Å². The van der Waals surface area contributed by atoms with Gasteiger partial charge in [-0.3, -0.25) is 14.5 Å². The SMILES string of the molecule is COc1ccc(N2C(=O)C(O)=C(C(=O)C(C)(C)C)C2c2ccc(O)cc2)cc1Cl. The maximum Gasteiger partial charge on any atom is 0.294 e. The van der Waals surface area contributed by atoms with Crippen molar-refractivity contribution in [3.05, 3.63) is 64.4 Å². The highest BCUT2D eigenvalue weighted by Crippen LogP contribution is 2.44. The number of aliphatic hydroxyl groups excluding tert-OH is 1. The first-order valence-electron chi connectivity index (χ1n) is 9.00. The molecule has 1 heterocycles. The Labute approximate surface area is 174 Å². The summed E-state index contributed by atoms with van der Waals surface area (Å²) < 4.78 is 5.16. The number of rotatable bonds is 4. The zero-order chi connectivity index (χ0) is 21.5. The minimum atomic E-state index is -0.862. The number of benzene rings is 2. The Morgan fingerprint density at radius 1 is 1.10 bits per heavy atom. The molecule has 29 heavy (non-hydrogen) atoms. The van der Waals surface area contributed by atoms with E-state index in [1.807, 2.05) is 0 Å². The van der Waals surface area contributed by atoms with Crippen molar-refractivity contribution in [2.24, 2.45) is 5.41 Å². The van der Waals surface area contributed by atoms with E-state index in [2.05, 4.69) is 0 Å². The van der Waals surface area contributed by atoms with Crippen LogP contribution in [0.3, 0.4) is 0 Å². The molecule has 0 saturated heterocycles. The number of carbonyl (C=O) groups excluding carboxylic acids is 2. The van der Waals surface area contributed by atoms with Crippen LogP contribution < -0.4 is 9.64 Å². The summed E-state index contributed by atoms with van der Waals surface area (Å²) in [5, 5.41) is 20.6. The third kappa shape index (κ3) is 3.68. The smallest absolute Gasteiger partial charge is 0.294 e. The number of aromatic hydroxyl groups is 1. The van der Waals surface area contributed by atoms with Crippen molar-refractivity contribution in [2.75, 3.05) is 12.0 Å². The Kier molecular flexibility index (Phi) is 5.32. The lowest BCUT2D eigenvalue weighted by molar-refractivity contribution is -0.123. The number of hydrogen-bond donors (Lipinski definition) is 2. The molecule has 0 spiro atoms. The first-order valence-corrected chi connectivity index (χ1v) is 9.38. The second-order valence-electron chi connectivity index (χ2n) is 7.83. The summed E-state index contributed by atoms with van der Waals surface area (Å²) in [6, 6.07) is 10.1. The topological polar surface area (TPSA) is 87.1 Å². The minimum Gasteiger partial charge on any atom is -0.508 e. The molecule has 7 heteroatoms. The van der Waals surface area contributed by atoms with Gasteiger partial charge in [0.1, 0.15) is 11.5 Å². The number of carbonyl (C=O) groups is 2. The van der Waals surface area contributed by atoms with Crippen LogP contribution in [-0.4, -0.2) is 29.0 Å². The zero-order valence-electron chi connectivity index (χ0n) is 16.6. The van der Waals surface area contributed by atoms with Crippen LogP contribution in [0.4, 0.5) is 5.69 Å². The predicted octanol–water partition coefficient (Wildman–Crippen LogP) is 4.57. The quantitative estimate of drug-likeness (QED) is 0.763. The third-order valence-electron chi connectivity index (χ3n) is 4.76. The molecule has 0 radical (unpaired) electrons. The van der Waals surface area contributed by atoms with E-state index in [9.17, 15) is 19.8 Å².